The molecule has 0 atom stereocenters. The summed E-state index contributed by atoms with van der Waals surface area (Å²) >= 11 is 5.78. The molecule has 3 N–H and O–H groups in total. The molecule has 5 heteroatoms. The zero-order chi connectivity index (χ0) is 13.1. The number of hydrogen-bond donors (Lipinski definition) is 2. The van der Waals surface area contributed by atoms with Crippen LogP contribution in [0.4, 0.5) is 15.8 Å². The zero-order valence-corrected chi connectivity index (χ0v) is 10.0. The summed E-state index contributed by atoms with van der Waals surface area (Å²) in [6.07, 6.45) is 0. The Hall–Kier alpha value is -2.07. The molecule has 0 saturated heterocycles. The second kappa shape index (κ2) is 5.06. The van der Waals surface area contributed by atoms with Crippen LogP contribution in [0, 0.1) is 5.82 Å². The average Bonchev–Trinajstić information content (AvgIpc) is 2.34. The third kappa shape index (κ3) is 2.60. The summed E-state index contributed by atoms with van der Waals surface area (Å²) in [5, 5.41) is 2.86. The van der Waals surface area contributed by atoms with Crippen LogP contribution in [0.1, 0.15) is 10.4 Å². The smallest absolute Gasteiger partial charge is 0.255 e. The van der Waals surface area contributed by atoms with Gasteiger partial charge in [-0.1, -0.05) is 23.7 Å². The molecule has 0 aliphatic rings. The second-order valence-corrected chi connectivity index (χ2v) is 4.10. The highest BCUT2D eigenvalue weighted by molar-refractivity contribution is 6.31. The van der Waals surface area contributed by atoms with Crippen LogP contribution in [0.2, 0.25) is 5.02 Å². The van der Waals surface area contributed by atoms with Crippen LogP contribution in [0.25, 0.3) is 0 Å². The van der Waals surface area contributed by atoms with Gasteiger partial charge in [-0.15, -0.1) is 0 Å². The van der Waals surface area contributed by atoms with Crippen LogP contribution in [-0.4, -0.2) is 5.91 Å². The molecule has 0 bridgehead atoms. The largest absolute Gasteiger partial charge is 0.397 e. The maximum Gasteiger partial charge on any atom is 0.255 e. The Morgan fingerprint density at radius 1 is 1.22 bits per heavy atom. The van der Waals surface area contributed by atoms with E-state index in [1.165, 1.54) is 24.3 Å². The van der Waals surface area contributed by atoms with Crippen molar-refractivity contribution in [1.82, 2.24) is 0 Å². The number of anilines is 2. The van der Waals surface area contributed by atoms with Gasteiger partial charge in [-0.25, -0.2) is 4.39 Å². The molecule has 0 fully saturated rings. The first kappa shape index (κ1) is 12.4. The van der Waals surface area contributed by atoms with Crippen molar-refractivity contribution in [2.24, 2.45) is 0 Å². The molecular formula is C13H10ClFN2O. The van der Waals surface area contributed by atoms with Crippen molar-refractivity contribution >= 4 is 28.9 Å². The summed E-state index contributed by atoms with van der Waals surface area (Å²) in [6.45, 7) is 0. The Morgan fingerprint density at radius 3 is 2.61 bits per heavy atom. The van der Waals surface area contributed by atoms with Crippen LogP contribution in [0.15, 0.2) is 42.5 Å². The van der Waals surface area contributed by atoms with Gasteiger partial charge in [-0.2, -0.15) is 0 Å². The van der Waals surface area contributed by atoms with Gasteiger partial charge in [0.15, 0.2) is 0 Å². The van der Waals surface area contributed by atoms with Gasteiger partial charge >= 0.3 is 0 Å². The van der Waals surface area contributed by atoms with Gasteiger partial charge in [0.1, 0.15) is 11.5 Å². The minimum absolute atomic E-state index is 0.0255. The van der Waals surface area contributed by atoms with Crippen LogP contribution < -0.4 is 11.1 Å². The Labute approximate surface area is 108 Å². The lowest BCUT2D eigenvalue weighted by atomic mass is 10.2. The van der Waals surface area contributed by atoms with Crippen LogP contribution >= 0.6 is 11.6 Å². The number of nitrogens with two attached hydrogens (primary N) is 1. The SMILES string of the molecule is Nc1cccc(F)c1NC(=O)c1cccc(Cl)c1. The van der Waals surface area contributed by atoms with E-state index in [0.29, 0.717) is 10.6 Å². The number of carbonyl (C=O) groups excluding carboxylic acids is 1. The van der Waals surface area contributed by atoms with E-state index in [-0.39, 0.29) is 11.4 Å². The minimum Gasteiger partial charge on any atom is -0.397 e. The molecule has 2 aromatic carbocycles. The number of benzene rings is 2. The van der Waals surface area contributed by atoms with Gasteiger partial charge in [0.05, 0.1) is 5.69 Å². The highest BCUT2D eigenvalue weighted by Crippen LogP contribution is 2.22. The molecule has 92 valence electrons. The third-order valence-electron chi connectivity index (χ3n) is 2.37. The Morgan fingerprint density at radius 2 is 1.94 bits per heavy atom. The first-order valence-electron chi connectivity index (χ1n) is 5.19. The van der Waals surface area contributed by atoms with E-state index >= 15 is 0 Å². The molecular weight excluding hydrogens is 255 g/mol. The third-order valence-corrected chi connectivity index (χ3v) is 2.61. The summed E-state index contributed by atoms with van der Waals surface area (Å²) in [5.41, 5.74) is 6.08. The van der Waals surface area contributed by atoms with E-state index in [9.17, 15) is 9.18 Å². The summed E-state index contributed by atoms with van der Waals surface area (Å²) in [4.78, 5) is 11.9. The number of rotatable bonds is 2. The van der Waals surface area contributed by atoms with Crippen LogP contribution in [0.5, 0.6) is 0 Å². The van der Waals surface area contributed by atoms with E-state index in [1.807, 2.05) is 0 Å². The van der Waals surface area contributed by atoms with E-state index in [0.717, 1.165) is 0 Å². The van der Waals surface area contributed by atoms with Gasteiger partial charge in [0.25, 0.3) is 5.91 Å². The highest BCUT2D eigenvalue weighted by Gasteiger charge is 2.11. The number of para-hydroxylation sites is 1. The summed E-state index contributed by atoms with van der Waals surface area (Å²) in [7, 11) is 0. The standard InChI is InChI=1S/C13H10ClFN2O/c14-9-4-1-3-8(7-9)13(18)17-12-10(15)5-2-6-11(12)16/h1-7H,16H2,(H,17,18). The molecule has 0 heterocycles. The first-order valence-corrected chi connectivity index (χ1v) is 5.56. The normalized spacial score (nSPS) is 10.1. The zero-order valence-electron chi connectivity index (χ0n) is 9.28. The summed E-state index contributed by atoms with van der Waals surface area (Å²) in [5.74, 6) is -1.04. The fourth-order valence-corrected chi connectivity index (χ4v) is 1.68. The number of carbonyl (C=O) groups is 1. The average molecular weight is 265 g/mol. The van der Waals surface area contributed by atoms with Crippen LogP contribution in [-0.2, 0) is 0 Å². The fourth-order valence-electron chi connectivity index (χ4n) is 1.49. The van der Waals surface area contributed by atoms with E-state index in [1.54, 1.807) is 18.2 Å². The molecule has 3 nitrogen and oxygen atoms in total. The van der Waals surface area contributed by atoms with Crippen molar-refractivity contribution in [3.63, 3.8) is 0 Å². The van der Waals surface area contributed by atoms with Crippen molar-refractivity contribution in [3.8, 4) is 0 Å². The quantitative estimate of drug-likeness (QED) is 0.818. The molecule has 0 unspecified atom stereocenters. The van der Waals surface area contributed by atoms with Gasteiger partial charge in [0.2, 0.25) is 0 Å². The van der Waals surface area contributed by atoms with Crippen molar-refractivity contribution in [2.45, 2.75) is 0 Å². The first-order chi connectivity index (χ1) is 8.58. The Bertz CT molecular complexity index is 581. The lowest BCUT2D eigenvalue weighted by Crippen LogP contribution is -2.14. The number of hydrogen-bond acceptors (Lipinski definition) is 2. The highest BCUT2D eigenvalue weighted by atomic mass is 35.5. The summed E-state index contributed by atoms with van der Waals surface area (Å²) in [6, 6.07) is 10.6. The van der Waals surface area contributed by atoms with Gasteiger partial charge < -0.3 is 11.1 Å². The Kier molecular flexibility index (Phi) is 3.48. The van der Waals surface area contributed by atoms with Gasteiger partial charge in [-0.3, -0.25) is 4.79 Å². The molecule has 1 amide bonds. The molecule has 2 rings (SSSR count). The van der Waals surface area contributed by atoms with Gasteiger partial charge in [0, 0.05) is 10.6 Å². The van der Waals surface area contributed by atoms with Crippen LogP contribution in [0.3, 0.4) is 0 Å². The predicted octanol–water partition coefficient (Wildman–Crippen LogP) is 3.31. The molecule has 0 aliphatic heterocycles. The number of halogens is 2. The number of amides is 1. The number of nitrogen functional groups attached to an aromatic ring is 1. The second-order valence-electron chi connectivity index (χ2n) is 3.67. The van der Waals surface area contributed by atoms with E-state index < -0.39 is 11.7 Å². The molecule has 0 aromatic heterocycles. The molecule has 2 aromatic rings. The number of nitrogens with one attached hydrogen (secondary N) is 1. The summed E-state index contributed by atoms with van der Waals surface area (Å²) < 4.78 is 13.5. The van der Waals surface area contributed by atoms with Crippen molar-refractivity contribution in [2.75, 3.05) is 11.1 Å². The molecule has 18 heavy (non-hydrogen) atoms. The minimum atomic E-state index is -0.578. The molecule has 0 saturated carbocycles. The van der Waals surface area contributed by atoms with Crippen molar-refractivity contribution in [3.05, 3.63) is 58.9 Å². The topological polar surface area (TPSA) is 55.1 Å². The lowest BCUT2D eigenvalue weighted by Gasteiger charge is -2.09. The molecule has 0 spiro atoms. The monoisotopic (exact) mass is 264 g/mol. The van der Waals surface area contributed by atoms with E-state index in [4.69, 9.17) is 17.3 Å². The van der Waals surface area contributed by atoms with Crippen molar-refractivity contribution in [1.29, 1.82) is 0 Å². The molecule has 0 aliphatic carbocycles. The maximum absolute atomic E-state index is 13.5. The lowest BCUT2D eigenvalue weighted by molar-refractivity contribution is 0.102. The van der Waals surface area contributed by atoms with E-state index in [2.05, 4.69) is 5.32 Å². The predicted molar refractivity (Wildman–Crippen MR) is 70.2 cm³/mol. The fraction of sp³-hybridized carbons (Fsp3) is 0. The van der Waals surface area contributed by atoms with Gasteiger partial charge in [-0.05, 0) is 30.3 Å². The Balaban J connectivity index is 2.27. The maximum atomic E-state index is 13.5. The van der Waals surface area contributed by atoms with Crippen molar-refractivity contribution < 1.29 is 9.18 Å². The molecule has 0 radical (unpaired) electrons.